The lowest BCUT2D eigenvalue weighted by Crippen LogP contribution is -2.42. The maximum atomic E-state index is 11.5. The lowest BCUT2D eigenvalue weighted by Gasteiger charge is -2.12. The summed E-state index contributed by atoms with van der Waals surface area (Å²) < 4.78 is 10.3. The van der Waals surface area contributed by atoms with Crippen LogP contribution in [0.15, 0.2) is 24.3 Å². The summed E-state index contributed by atoms with van der Waals surface area (Å²) >= 11 is 0. The summed E-state index contributed by atoms with van der Waals surface area (Å²) in [6, 6.07) is 6.41. The van der Waals surface area contributed by atoms with Gasteiger partial charge in [0.2, 0.25) is 0 Å². The van der Waals surface area contributed by atoms with E-state index >= 15 is 0 Å². The zero-order valence-electron chi connectivity index (χ0n) is 11.9. The van der Waals surface area contributed by atoms with Crippen LogP contribution in [0.4, 0.5) is 4.79 Å². The van der Waals surface area contributed by atoms with Gasteiger partial charge in [-0.2, -0.15) is 0 Å². The first kappa shape index (κ1) is 16.5. The van der Waals surface area contributed by atoms with E-state index in [0.717, 1.165) is 5.56 Å². The maximum Gasteiger partial charge on any atom is 0.318 e. The Morgan fingerprint density at radius 1 is 1.29 bits per heavy atom. The minimum Gasteiger partial charge on any atom is -0.493 e. The average molecular weight is 294 g/mol. The zero-order valence-corrected chi connectivity index (χ0v) is 11.9. The van der Waals surface area contributed by atoms with Crippen LogP contribution in [-0.2, 0) is 14.3 Å². The molecule has 3 amide bonds. The number of nitrogens with two attached hydrogens (primary N) is 1. The number of carbonyl (C=O) groups is 3. The van der Waals surface area contributed by atoms with Gasteiger partial charge < -0.3 is 15.2 Å². The first-order chi connectivity index (χ1) is 9.90. The Hall–Kier alpha value is -2.57. The fourth-order valence-corrected chi connectivity index (χ4v) is 1.50. The molecule has 7 nitrogen and oxygen atoms in total. The second-order valence-corrected chi connectivity index (χ2v) is 4.35. The van der Waals surface area contributed by atoms with Crippen molar-refractivity contribution < 1.29 is 23.9 Å². The van der Waals surface area contributed by atoms with Gasteiger partial charge in [-0.3, -0.25) is 14.9 Å². The monoisotopic (exact) mass is 294 g/mol. The van der Waals surface area contributed by atoms with Gasteiger partial charge in [-0.25, -0.2) is 4.79 Å². The first-order valence-corrected chi connectivity index (χ1v) is 6.38. The molecule has 1 aromatic rings. The number of aryl methyl sites for hydroxylation is 1. The molecule has 0 heterocycles. The number of benzene rings is 1. The van der Waals surface area contributed by atoms with Crippen molar-refractivity contribution in [3.05, 3.63) is 29.8 Å². The highest BCUT2D eigenvalue weighted by Gasteiger charge is 2.18. The van der Waals surface area contributed by atoms with Crippen LogP contribution in [0.25, 0.3) is 0 Å². The lowest BCUT2D eigenvalue weighted by atomic mass is 10.2. The molecule has 21 heavy (non-hydrogen) atoms. The van der Waals surface area contributed by atoms with Crippen molar-refractivity contribution in [2.45, 2.75) is 26.4 Å². The van der Waals surface area contributed by atoms with Gasteiger partial charge in [-0.1, -0.05) is 18.2 Å². The van der Waals surface area contributed by atoms with Crippen LogP contribution in [0, 0.1) is 6.92 Å². The Morgan fingerprint density at radius 3 is 2.57 bits per heavy atom. The standard InChI is InChI=1S/C14H18N2O5/c1-9-5-3-4-6-11(9)20-8-7-12(17)21-10(2)13(18)16-14(15)19/h3-6,10H,7-8H2,1-2H3,(H3,15,16,18,19)/t10-/m1/s1. The molecule has 1 rings (SSSR count). The van der Waals surface area contributed by atoms with Gasteiger partial charge in [0.1, 0.15) is 5.75 Å². The van der Waals surface area contributed by atoms with Gasteiger partial charge in [0.05, 0.1) is 13.0 Å². The topological polar surface area (TPSA) is 108 Å². The molecule has 0 spiro atoms. The molecule has 1 aromatic carbocycles. The van der Waals surface area contributed by atoms with Crippen LogP contribution in [-0.4, -0.2) is 30.6 Å². The minimum absolute atomic E-state index is 0.0114. The van der Waals surface area contributed by atoms with Crippen LogP contribution >= 0.6 is 0 Å². The van der Waals surface area contributed by atoms with E-state index < -0.39 is 24.0 Å². The summed E-state index contributed by atoms with van der Waals surface area (Å²) in [6.45, 7) is 3.37. The molecule has 7 heteroatoms. The number of amides is 3. The predicted octanol–water partition coefficient (Wildman–Crippen LogP) is 0.891. The minimum atomic E-state index is -1.09. The molecule has 0 bridgehead atoms. The predicted molar refractivity (Wildman–Crippen MR) is 74.6 cm³/mol. The number of hydrogen-bond acceptors (Lipinski definition) is 5. The molecular formula is C14H18N2O5. The Bertz CT molecular complexity index is 530. The third kappa shape index (κ3) is 5.94. The van der Waals surface area contributed by atoms with E-state index in [1.54, 1.807) is 6.07 Å². The number of carbonyl (C=O) groups excluding carboxylic acids is 3. The second-order valence-electron chi connectivity index (χ2n) is 4.35. The number of primary amides is 1. The molecule has 0 aromatic heterocycles. The second kappa shape index (κ2) is 7.88. The highest BCUT2D eigenvalue weighted by Crippen LogP contribution is 2.16. The zero-order chi connectivity index (χ0) is 15.8. The highest BCUT2D eigenvalue weighted by molar-refractivity contribution is 5.96. The molecule has 0 aliphatic heterocycles. The number of para-hydroxylation sites is 1. The van der Waals surface area contributed by atoms with Gasteiger partial charge >= 0.3 is 12.0 Å². The smallest absolute Gasteiger partial charge is 0.318 e. The Morgan fingerprint density at radius 2 is 1.95 bits per heavy atom. The van der Waals surface area contributed by atoms with Crippen molar-refractivity contribution in [3.63, 3.8) is 0 Å². The molecule has 0 fully saturated rings. The third-order valence-electron chi connectivity index (χ3n) is 2.58. The molecule has 0 radical (unpaired) electrons. The van der Waals surface area contributed by atoms with E-state index in [1.165, 1.54) is 6.92 Å². The van der Waals surface area contributed by atoms with Gasteiger partial charge in [0.25, 0.3) is 5.91 Å². The Labute approximate surface area is 122 Å². The molecule has 0 aliphatic rings. The summed E-state index contributed by atoms with van der Waals surface area (Å²) in [7, 11) is 0. The van der Waals surface area contributed by atoms with E-state index in [0.29, 0.717) is 5.75 Å². The van der Waals surface area contributed by atoms with Crippen LogP contribution in [0.1, 0.15) is 18.9 Å². The van der Waals surface area contributed by atoms with Crippen LogP contribution in [0.2, 0.25) is 0 Å². The van der Waals surface area contributed by atoms with Gasteiger partial charge in [0.15, 0.2) is 6.10 Å². The summed E-state index contributed by atoms with van der Waals surface area (Å²) in [4.78, 5) is 33.3. The lowest BCUT2D eigenvalue weighted by molar-refractivity contribution is -0.154. The van der Waals surface area contributed by atoms with E-state index in [9.17, 15) is 14.4 Å². The van der Waals surface area contributed by atoms with Crippen molar-refractivity contribution in [1.29, 1.82) is 0 Å². The largest absolute Gasteiger partial charge is 0.493 e. The molecule has 0 unspecified atom stereocenters. The number of urea groups is 1. The van der Waals surface area contributed by atoms with Crippen molar-refractivity contribution in [2.24, 2.45) is 5.73 Å². The summed E-state index contributed by atoms with van der Waals surface area (Å²) in [6.07, 6.45) is -1.11. The number of ether oxygens (including phenoxy) is 2. The Kier molecular flexibility index (Phi) is 6.19. The van der Waals surface area contributed by atoms with Crippen molar-refractivity contribution in [3.8, 4) is 5.75 Å². The van der Waals surface area contributed by atoms with Crippen molar-refractivity contribution >= 4 is 17.9 Å². The van der Waals surface area contributed by atoms with Gasteiger partial charge in [-0.05, 0) is 25.5 Å². The summed E-state index contributed by atoms with van der Waals surface area (Å²) in [5, 5.41) is 1.83. The number of esters is 1. The number of hydrogen-bond donors (Lipinski definition) is 2. The van der Waals surface area contributed by atoms with Crippen LogP contribution in [0.5, 0.6) is 5.75 Å². The normalized spacial score (nSPS) is 11.3. The van der Waals surface area contributed by atoms with E-state index in [2.05, 4.69) is 0 Å². The number of nitrogens with one attached hydrogen (secondary N) is 1. The third-order valence-corrected chi connectivity index (χ3v) is 2.58. The van der Waals surface area contributed by atoms with Gasteiger partial charge in [0, 0.05) is 0 Å². The molecule has 114 valence electrons. The average Bonchev–Trinajstić information content (AvgIpc) is 2.40. The first-order valence-electron chi connectivity index (χ1n) is 6.38. The van der Waals surface area contributed by atoms with E-state index in [4.69, 9.17) is 15.2 Å². The number of imide groups is 1. The van der Waals surface area contributed by atoms with E-state index in [1.807, 2.05) is 30.4 Å². The fraction of sp³-hybridized carbons (Fsp3) is 0.357. The van der Waals surface area contributed by atoms with Gasteiger partial charge in [-0.15, -0.1) is 0 Å². The van der Waals surface area contributed by atoms with Crippen molar-refractivity contribution in [2.75, 3.05) is 6.61 Å². The van der Waals surface area contributed by atoms with Crippen molar-refractivity contribution in [1.82, 2.24) is 5.32 Å². The molecular weight excluding hydrogens is 276 g/mol. The van der Waals surface area contributed by atoms with E-state index in [-0.39, 0.29) is 13.0 Å². The highest BCUT2D eigenvalue weighted by atomic mass is 16.5. The molecule has 1 atom stereocenters. The molecule has 0 saturated carbocycles. The summed E-state index contributed by atoms with van der Waals surface area (Å²) in [5.74, 6) is -0.684. The number of rotatable bonds is 6. The maximum absolute atomic E-state index is 11.5. The SMILES string of the molecule is Cc1ccccc1OCCC(=O)O[C@H](C)C(=O)NC(N)=O. The fourth-order valence-electron chi connectivity index (χ4n) is 1.50. The Balaban J connectivity index is 2.33. The summed E-state index contributed by atoms with van der Waals surface area (Å²) in [5.41, 5.74) is 5.75. The molecule has 3 N–H and O–H groups in total. The quantitative estimate of drug-likeness (QED) is 0.757. The molecule has 0 saturated heterocycles. The van der Waals surface area contributed by atoms with Crippen LogP contribution in [0.3, 0.4) is 0 Å². The van der Waals surface area contributed by atoms with Crippen LogP contribution < -0.4 is 15.8 Å². The molecule has 0 aliphatic carbocycles.